The molecule has 1 aliphatic carbocycles. The highest BCUT2D eigenvalue weighted by Gasteiger charge is 2.62. The van der Waals surface area contributed by atoms with Crippen LogP contribution in [0.15, 0.2) is 18.2 Å². The maximum Gasteiger partial charge on any atom is 0.0595 e. The van der Waals surface area contributed by atoms with E-state index in [-0.39, 0.29) is 0 Å². The minimum Gasteiger partial charge on any atom is -0.313 e. The van der Waals surface area contributed by atoms with Crippen LogP contribution in [0, 0.1) is 5.92 Å². The summed E-state index contributed by atoms with van der Waals surface area (Å²) >= 11 is 12.0. The Bertz CT molecular complexity index is 418. The van der Waals surface area contributed by atoms with E-state index >= 15 is 0 Å². The first-order valence-electron chi connectivity index (χ1n) is 5.33. The summed E-state index contributed by atoms with van der Waals surface area (Å²) in [6.45, 7) is 3.40. The lowest BCUT2D eigenvalue weighted by atomic mass is 9.89. The molecule has 1 aromatic carbocycles. The first-order chi connectivity index (χ1) is 7.14. The van der Waals surface area contributed by atoms with Crippen LogP contribution in [0.2, 0.25) is 10.0 Å². The molecule has 1 aliphatic heterocycles. The van der Waals surface area contributed by atoms with Crippen molar-refractivity contribution in [3.05, 3.63) is 33.8 Å². The van der Waals surface area contributed by atoms with E-state index in [1.165, 1.54) is 12.0 Å². The van der Waals surface area contributed by atoms with Gasteiger partial charge < -0.3 is 5.32 Å². The summed E-state index contributed by atoms with van der Waals surface area (Å²) in [6, 6.07) is 6.62. The molecule has 0 spiro atoms. The second-order valence-electron chi connectivity index (χ2n) is 4.70. The lowest BCUT2D eigenvalue weighted by molar-refractivity contribution is 0.520. The van der Waals surface area contributed by atoms with Crippen LogP contribution in [0.1, 0.15) is 18.9 Å². The molecule has 0 aromatic heterocycles. The zero-order chi connectivity index (χ0) is 10.6. The standard InChI is InChI=1S/C12H13Cl2N/c1-7-12(5-9(12)6-15-7)8-2-3-10(13)11(14)4-8/h2-4,7,9,15H,5-6H2,1H3/t7?,9?,12-/m0/s1. The normalized spacial score (nSPS) is 37.8. The van der Waals surface area contributed by atoms with Gasteiger partial charge in [0.25, 0.3) is 0 Å². The molecular weight excluding hydrogens is 229 g/mol. The van der Waals surface area contributed by atoms with Gasteiger partial charge in [0.15, 0.2) is 0 Å². The van der Waals surface area contributed by atoms with Crippen molar-refractivity contribution in [3.63, 3.8) is 0 Å². The highest BCUT2D eigenvalue weighted by molar-refractivity contribution is 6.42. The quantitative estimate of drug-likeness (QED) is 0.797. The number of halogens is 2. The third-order valence-corrected chi connectivity index (χ3v) is 4.79. The molecule has 0 amide bonds. The van der Waals surface area contributed by atoms with E-state index < -0.39 is 0 Å². The van der Waals surface area contributed by atoms with E-state index in [1.54, 1.807) is 0 Å². The molecule has 1 N–H and O–H groups in total. The van der Waals surface area contributed by atoms with Crippen molar-refractivity contribution in [1.82, 2.24) is 5.32 Å². The third-order valence-electron chi connectivity index (χ3n) is 4.05. The molecule has 80 valence electrons. The molecule has 0 bridgehead atoms. The highest BCUT2D eigenvalue weighted by Crippen LogP contribution is 2.59. The second-order valence-corrected chi connectivity index (χ2v) is 5.51. The Morgan fingerprint density at radius 2 is 2.13 bits per heavy atom. The molecule has 15 heavy (non-hydrogen) atoms. The number of fused-ring (bicyclic) bond motifs is 1. The first kappa shape index (κ1) is 9.95. The van der Waals surface area contributed by atoms with Crippen molar-refractivity contribution in [2.24, 2.45) is 5.92 Å². The molecule has 1 saturated carbocycles. The zero-order valence-corrected chi connectivity index (χ0v) is 10.1. The monoisotopic (exact) mass is 241 g/mol. The van der Waals surface area contributed by atoms with Gasteiger partial charge in [-0.2, -0.15) is 0 Å². The van der Waals surface area contributed by atoms with Crippen LogP contribution in [0.25, 0.3) is 0 Å². The SMILES string of the molecule is CC1NCC2C[C@]21c1ccc(Cl)c(Cl)c1. The number of nitrogens with one attached hydrogen (secondary N) is 1. The molecule has 1 heterocycles. The van der Waals surface area contributed by atoms with Crippen molar-refractivity contribution in [2.45, 2.75) is 24.8 Å². The Kier molecular flexibility index (Phi) is 2.08. The van der Waals surface area contributed by atoms with Crippen molar-refractivity contribution >= 4 is 23.2 Å². The van der Waals surface area contributed by atoms with E-state index in [4.69, 9.17) is 23.2 Å². The van der Waals surface area contributed by atoms with Crippen molar-refractivity contribution in [3.8, 4) is 0 Å². The van der Waals surface area contributed by atoms with Crippen LogP contribution in [-0.2, 0) is 5.41 Å². The molecule has 3 rings (SSSR count). The summed E-state index contributed by atoms with van der Waals surface area (Å²) < 4.78 is 0. The number of piperidine rings is 1. The molecule has 1 nitrogen and oxygen atoms in total. The van der Waals surface area contributed by atoms with E-state index in [0.29, 0.717) is 21.5 Å². The van der Waals surface area contributed by atoms with Crippen LogP contribution in [0.5, 0.6) is 0 Å². The maximum absolute atomic E-state index is 6.07. The van der Waals surface area contributed by atoms with Gasteiger partial charge in [0.1, 0.15) is 0 Å². The molecule has 1 aromatic rings. The fourth-order valence-electron chi connectivity index (χ4n) is 3.02. The van der Waals surface area contributed by atoms with E-state index in [0.717, 1.165) is 12.5 Å². The van der Waals surface area contributed by atoms with Gasteiger partial charge in [0, 0.05) is 11.5 Å². The van der Waals surface area contributed by atoms with Crippen LogP contribution >= 0.6 is 23.2 Å². The minimum absolute atomic E-state index is 0.341. The van der Waals surface area contributed by atoms with Gasteiger partial charge in [0.05, 0.1) is 10.0 Å². The molecule has 2 aliphatic rings. The van der Waals surface area contributed by atoms with Gasteiger partial charge in [0.2, 0.25) is 0 Å². The second kappa shape index (κ2) is 3.13. The number of benzene rings is 1. The summed E-state index contributed by atoms with van der Waals surface area (Å²) in [4.78, 5) is 0. The molecule has 1 saturated heterocycles. The van der Waals surface area contributed by atoms with Gasteiger partial charge in [-0.1, -0.05) is 29.3 Å². The molecule has 3 heteroatoms. The highest BCUT2D eigenvalue weighted by atomic mass is 35.5. The molecular formula is C12H13Cl2N. The van der Waals surface area contributed by atoms with E-state index in [1.807, 2.05) is 12.1 Å². The Hall–Kier alpha value is -0.240. The van der Waals surface area contributed by atoms with E-state index in [2.05, 4.69) is 18.3 Å². The largest absolute Gasteiger partial charge is 0.313 e. The molecule has 2 unspecified atom stereocenters. The van der Waals surface area contributed by atoms with Crippen molar-refractivity contribution < 1.29 is 0 Å². The summed E-state index contributed by atoms with van der Waals surface area (Å²) in [6.07, 6.45) is 1.29. The molecule has 2 fully saturated rings. The Morgan fingerprint density at radius 1 is 1.33 bits per heavy atom. The van der Waals surface area contributed by atoms with Gasteiger partial charge in [-0.25, -0.2) is 0 Å². The Morgan fingerprint density at radius 3 is 2.67 bits per heavy atom. The topological polar surface area (TPSA) is 12.0 Å². The van der Waals surface area contributed by atoms with Crippen LogP contribution in [-0.4, -0.2) is 12.6 Å². The summed E-state index contributed by atoms with van der Waals surface area (Å²) in [5.41, 5.74) is 1.69. The number of hydrogen-bond acceptors (Lipinski definition) is 1. The van der Waals surface area contributed by atoms with Gasteiger partial charge >= 0.3 is 0 Å². The molecule has 0 radical (unpaired) electrons. The lowest BCUT2D eigenvalue weighted by Crippen LogP contribution is -2.31. The van der Waals surface area contributed by atoms with Crippen LogP contribution in [0.3, 0.4) is 0 Å². The average molecular weight is 242 g/mol. The molecule has 3 atom stereocenters. The fraction of sp³-hybridized carbons (Fsp3) is 0.500. The average Bonchev–Trinajstić information content (AvgIpc) is 2.87. The smallest absolute Gasteiger partial charge is 0.0595 e. The summed E-state index contributed by atoms with van der Waals surface area (Å²) in [5.74, 6) is 0.796. The number of rotatable bonds is 1. The fourth-order valence-corrected chi connectivity index (χ4v) is 3.32. The predicted molar refractivity (Wildman–Crippen MR) is 63.7 cm³/mol. The summed E-state index contributed by atoms with van der Waals surface area (Å²) in [5, 5.41) is 4.84. The van der Waals surface area contributed by atoms with Gasteiger partial charge in [-0.3, -0.25) is 0 Å². The predicted octanol–water partition coefficient (Wildman–Crippen LogP) is 3.24. The van der Waals surface area contributed by atoms with Crippen molar-refractivity contribution in [1.29, 1.82) is 0 Å². The minimum atomic E-state index is 0.341. The first-order valence-corrected chi connectivity index (χ1v) is 6.09. The Balaban J connectivity index is 2.03. The maximum atomic E-state index is 6.07. The lowest BCUT2D eigenvalue weighted by Gasteiger charge is -2.20. The zero-order valence-electron chi connectivity index (χ0n) is 8.56. The van der Waals surface area contributed by atoms with Crippen molar-refractivity contribution in [2.75, 3.05) is 6.54 Å². The third kappa shape index (κ3) is 1.27. The van der Waals surface area contributed by atoms with Gasteiger partial charge in [-0.05, 0) is 43.5 Å². The summed E-state index contributed by atoms with van der Waals surface area (Å²) in [7, 11) is 0. The van der Waals surface area contributed by atoms with Gasteiger partial charge in [-0.15, -0.1) is 0 Å². The van der Waals surface area contributed by atoms with Crippen LogP contribution in [0.4, 0.5) is 0 Å². The van der Waals surface area contributed by atoms with E-state index in [9.17, 15) is 0 Å². The van der Waals surface area contributed by atoms with Crippen LogP contribution < -0.4 is 5.32 Å². The Labute approximate surface area is 99.8 Å². The number of hydrogen-bond donors (Lipinski definition) is 1.